The van der Waals surface area contributed by atoms with Crippen LogP contribution in [0, 0.1) is 6.92 Å². The normalized spacial score (nSPS) is 11.9. The minimum atomic E-state index is -0.445. The summed E-state index contributed by atoms with van der Waals surface area (Å²) in [7, 11) is 0. The molecular weight excluding hydrogens is 450 g/mol. The van der Waals surface area contributed by atoms with E-state index in [2.05, 4.69) is 31.4 Å². The second-order valence-corrected chi connectivity index (χ2v) is 7.62. The van der Waals surface area contributed by atoms with Gasteiger partial charge < -0.3 is 14.8 Å². The number of nitrogens with one attached hydrogen (secondary N) is 1. The van der Waals surface area contributed by atoms with Crippen molar-refractivity contribution in [2.75, 3.05) is 18.5 Å². The van der Waals surface area contributed by atoms with Crippen LogP contribution in [0.25, 0.3) is 0 Å². The molecule has 1 amide bonds. The summed E-state index contributed by atoms with van der Waals surface area (Å²) in [5, 5.41) is 11.5. The van der Waals surface area contributed by atoms with Gasteiger partial charge in [0, 0.05) is 6.20 Å². The molecule has 0 spiro atoms. The number of anilines is 1. The third-order valence-corrected chi connectivity index (χ3v) is 5.36. The van der Waals surface area contributed by atoms with Gasteiger partial charge in [0.1, 0.15) is 6.04 Å². The van der Waals surface area contributed by atoms with Crippen LogP contribution in [-0.2, 0) is 11.3 Å². The number of nitrogens with zero attached hydrogens (tertiary/aromatic N) is 4. The highest BCUT2D eigenvalue weighted by molar-refractivity contribution is 9.10. The highest BCUT2D eigenvalue weighted by Crippen LogP contribution is 2.29. The molecule has 0 bridgehead atoms. The largest absolute Gasteiger partial charge is 0.490 e. The van der Waals surface area contributed by atoms with Gasteiger partial charge in [-0.05, 0) is 61.3 Å². The van der Waals surface area contributed by atoms with Gasteiger partial charge in [-0.15, -0.1) is 0 Å². The van der Waals surface area contributed by atoms with E-state index in [0.717, 1.165) is 21.5 Å². The van der Waals surface area contributed by atoms with Crippen LogP contribution in [0.1, 0.15) is 38.1 Å². The maximum Gasteiger partial charge on any atom is 0.249 e. The SMILES string of the molecule is CCOc1ccc(Cn2cc(NC(=O)C(C)n3ncc(Br)c3C)cn2)cc1OCC. The molecule has 3 rings (SSSR count). The molecule has 2 aromatic heterocycles. The van der Waals surface area contributed by atoms with Gasteiger partial charge in [0.25, 0.3) is 0 Å². The van der Waals surface area contributed by atoms with Gasteiger partial charge in [0.15, 0.2) is 11.5 Å². The number of carbonyl (C=O) groups is 1. The highest BCUT2D eigenvalue weighted by Gasteiger charge is 2.19. The average molecular weight is 476 g/mol. The molecule has 160 valence electrons. The zero-order valence-electron chi connectivity index (χ0n) is 17.6. The Morgan fingerprint density at radius 1 is 1.17 bits per heavy atom. The van der Waals surface area contributed by atoms with Crippen molar-refractivity contribution in [1.29, 1.82) is 0 Å². The summed E-state index contributed by atoms with van der Waals surface area (Å²) in [5.74, 6) is 1.28. The number of benzene rings is 1. The first kappa shape index (κ1) is 21.9. The quantitative estimate of drug-likeness (QED) is 0.501. The van der Waals surface area contributed by atoms with Crippen LogP contribution in [0.15, 0.2) is 41.3 Å². The Morgan fingerprint density at radius 2 is 1.90 bits per heavy atom. The van der Waals surface area contributed by atoms with E-state index in [-0.39, 0.29) is 5.91 Å². The molecule has 0 saturated carbocycles. The van der Waals surface area contributed by atoms with Crippen LogP contribution in [0.5, 0.6) is 11.5 Å². The van der Waals surface area contributed by atoms with Gasteiger partial charge in [-0.25, -0.2) is 0 Å². The van der Waals surface area contributed by atoms with Crippen molar-refractivity contribution in [3.63, 3.8) is 0 Å². The van der Waals surface area contributed by atoms with E-state index in [1.807, 2.05) is 39.0 Å². The third kappa shape index (κ3) is 5.02. The van der Waals surface area contributed by atoms with Crippen molar-refractivity contribution in [2.24, 2.45) is 0 Å². The average Bonchev–Trinajstić information content (AvgIpc) is 3.30. The van der Waals surface area contributed by atoms with Crippen molar-refractivity contribution in [1.82, 2.24) is 19.6 Å². The maximum atomic E-state index is 12.6. The summed E-state index contributed by atoms with van der Waals surface area (Å²) in [6.07, 6.45) is 5.12. The van der Waals surface area contributed by atoms with Crippen LogP contribution >= 0.6 is 15.9 Å². The van der Waals surface area contributed by atoms with Crippen molar-refractivity contribution in [3.05, 3.63) is 52.5 Å². The van der Waals surface area contributed by atoms with E-state index < -0.39 is 6.04 Å². The van der Waals surface area contributed by atoms with Gasteiger partial charge >= 0.3 is 0 Å². The fraction of sp³-hybridized carbons (Fsp3) is 0.381. The van der Waals surface area contributed by atoms with E-state index in [1.54, 1.807) is 34.9 Å². The fourth-order valence-electron chi connectivity index (χ4n) is 3.05. The van der Waals surface area contributed by atoms with Crippen LogP contribution in [-0.4, -0.2) is 38.7 Å². The number of hydrogen-bond acceptors (Lipinski definition) is 5. The van der Waals surface area contributed by atoms with E-state index in [0.29, 0.717) is 31.2 Å². The first-order valence-electron chi connectivity index (χ1n) is 9.84. The number of rotatable bonds is 9. The smallest absolute Gasteiger partial charge is 0.249 e. The summed E-state index contributed by atoms with van der Waals surface area (Å²) in [4.78, 5) is 12.6. The molecule has 0 aliphatic rings. The number of aromatic nitrogens is 4. The lowest BCUT2D eigenvalue weighted by Crippen LogP contribution is -2.25. The lowest BCUT2D eigenvalue weighted by atomic mass is 10.2. The second kappa shape index (κ2) is 9.80. The van der Waals surface area contributed by atoms with Gasteiger partial charge in [-0.3, -0.25) is 14.2 Å². The molecular formula is C21H26BrN5O3. The topological polar surface area (TPSA) is 83.2 Å². The molecule has 0 aliphatic carbocycles. The van der Waals surface area contributed by atoms with E-state index in [9.17, 15) is 4.79 Å². The molecule has 0 fully saturated rings. The molecule has 30 heavy (non-hydrogen) atoms. The molecule has 1 unspecified atom stereocenters. The Labute approximate surface area is 184 Å². The van der Waals surface area contributed by atoms with Crippen LogP contribution < -0.4 is 14.8 Å². The molecule has 0 radical (unpaired) electrons. The van der Waals surface area contributed by atoms with Crippen LogP contribution in [0.3, 0.4) is 0 Å². The molecule has 2 heterocycles. The second-order valence-electron chi connectivity index (χ2n) is 6.76. The summed E-state index contributed by atoms with van der Waals surface area (Å²) >= 11 is 3.42. The highest BCUT2D eigenvalue weighted by atomic mass is 79.9. The van der Waals surface area contributed by atoms with Gasteiger partial charge in [-0.2, -0.15) is 10.2 Å². The molecule has 1 aromatic carbocycles. The van der Waals surface area contributed by atoms with E-state index in [4.69, 9.17) is 9.47 Å². The van der Waals surface area contributed by atoms with E-state index >= 15 is 0 Å². The summed E-state index contributed by atoms with van der Waals surface area (Å²) in [5.41, 5.74) is 2.55. The number of hydrogen-bond donors (Lipinski definition) is 1. The molecule has 9 heteroatoms. The fourth-order valence-corrected chi connectivity index (χ4v) is 3.32. The first-order chi connectivity index (χ1) is 14.4. The van der Waals surface area contributed by atoms with Crippen LogP contribution in [0.4, 0.5) is 5.69 Å². The molecule has 1 N–H and O–H groups in total. The predicted octanol–water partition coefficient (Wildman–Crippen LogP) is 4.20. The molecule has 8 nitrogen and oxygen atoms in total. The zero-order valence-corrected chi connectivity index (χ0v) is 19.1. The van der Waals surface area contributed by atoms with Gasteiger partial charge in [0.05, 0.1) is 48.0 Å². The Hall–Kier alpha value is -2.81. The minimum absolute atomic E-state index is 0.159. The summed E-state index contributed by atoms with van der Waals surface area (Å²) in [6.45, 7) is 9.28. The lowest BCUT2D eigenvalue weighted by Gasteiger charge is -2.13. The third-order valence-electron chi connectivity index (χ3n) is 4.58. The summed E-state index contributed by atoms with van der Waals surface area (Å²) < 4.78 is 15.6. The molecule has 3 aromatic rings. The Balaban J connectivity index is 1.67. The Bertz CT molecular complexity index is 1010. The Kier molecular flexibility index (Phi) is 7.15. The number of halogens is 1. The molecule has 0 saturated heterocycles. The molecule has 0 aliphatic heterocycles. The number of amides is 1. The van der Waals surface area contributed by atoms with Crippen molar-refractivity contribution in [2.45, 2.75) is 40.3 Å². The van der Waals surface area contributed by atoms with Gasteiger partial charge in [0.2, 0.25) is 5.91 Å². The maximum absolute atomic E-state index is 12.6. The van der Waals surface area contributed by atoms with Crippen molar-refractivity contribution in [3.8, 4) is 11.5 Å². The summed E-state index contributed by atoms with van der Waals surface area (Å²) in [6, 6.07) is 5.39. The number of ether oxygens (including phenoxy) is 2. The van der Waals surface area contributed by atoms with Crippen molar-refractivity contribution >= 4 is 27.5 Å². The molecule has 1 atom stereocenters. The Morgan fingerprint density at radius 3 is 2.57 bits per heavy atom. The van der Waals surface area contributed by atoms with Gasteiger partial charge in [-0.1, -0.05) is 6.07 Å². The zero-order chi connectivity index (χ0) is 21.7. The van der Waals surface area contributed by atoms with Crippen molar-refractivity contribution < 1.29 is 14.3 Å². The number of carbonyl (C=O) groups excluding carboxylic acids is 1. The predicted molar refractivity (Wildman–Crippen MR) is 118 cm³/mol. The standard InChI is InChI=1S/C21H26BrN5O3/c1-5-29-19-8-7-16(9-20(19)30-6-2)12-26-13-17(10-23-26)25-21(28)15(4)27-14(3)18(22)11-24-27/h7-11,13,15H,5-6,12H2,1-4H3,(H,25,28). The van der Waals surface area contributed by atoms with E-state index in [1.165, 1.54) is 0 Å². The van der Waals surface area contributed by atoms with Crippen LogP contribution in [0.2, 0.25) is 0 Å². The first-order valence-corrected chi connectivity index (χ1v) is 10.6. The monoisotopic (exact) mass is 475 g/mol. The lowest BCUT2D eigenvalue weighted by molar-refractivity contribution is -0.119. The minimum Gasteiger partial charge on any atom is -0.490 e.